The first kappa shape index (κ1) is 34.4. The number of imidazole rings is 1. The van der Waals surface area contributed by atoms with Gasteiger partial charge < -0.3 is 0 Å². The Kier molecular flexibility index (Phi) is 7.14. The largest absolute Gasteiger partial charge is 0.291 e. The molecule has 2 aromatic heterocycles. The lowest BCUT2D eigenvalue weighted by Crippen LogP contribution is -1.93. The highest BCUT2D eigenvalue weighted by Crippen LogP contribution is 2.47. The van der Waals surface area contributed by atoms with Crippen molar-refractivity contribution in [3.8, 4) is 33.4 Å². The molecule has 12 aromatic carbocycles. The number of rotatable bonds is 3. The molecule has 0 amide bonds. The maximum Gasteiger partial charge on any atom is 0.146 e. The van der Waals surface area contributed by atoms with Crippen LogP contribution in [0.5, 0.6) is 0 Å². The van der Waals surface area contributed by atoms with Crippen molar-refractivity contribution in [3.63, 3.8) is 0 Å². The summed E-state index contributed by atoms with van der Waals surface area (Å²) in [5, 5.41) is 18.4. The van der Waals surface area contributed by atoms with Crippen LogP contribution in [0.25, 0.3) is 136 Å². The monoisotopic (exact) mass is 796 g/mol. The van der Waals surface area contributed by atoms with Crippen LogP contribution >= 0.6 is 0 Å². The van der Waals surface area contributed by atoms with Crippen LogP contribution in [-0.4, -0.2) is 9.38 Å². The van der Waals surface area contributed by atoms with Gasteiger partial charge in [0.2, 0.25) is 0 Å². The first-order chi connectivity index (χ1) is 31.2. The molecule has 0 radical (unpaired) electrons. The zero-order valence-corrected chi connectivity index (χ0v) is 34.2. The predicted molar refractivity (Wildman–Crippen MR) is 269 cm³/mol. The second-order valence-corrected chi connectivity index (χ2v) is 17.0. The lowest BCUT2D eigenvalue weighted by Gasteiger charge is -2.19. The van der Waals surface area contributed by atoms with E-state index in [0.29, 0.717) is 0 Å². The summed E-state index contributed by atoms with van der Waals surface area (Å²) in [6.07, 6.45) is 0. The molecule has 14 rings (SSSR count). The van der Waals surface area contributed by atoms with E-state index in [4.69, 9.17) is 4.98 Å². The Morgan fingerprint density at radius 2 is 0.714 bits per heavy atom. The van der Waals surface area contributed by atoms with Gasteiger partial charge in [0.1, 0.15) is 5.65 Å². The number of pyridine rings is 1. The van der Waals surface area contributed by atoms with Crippen LogP contribution in [0, 0.1) is 0 Å². The van der Waals surface area contributed by atoms with Gasteiger partial charge in [0, 0.05) is 21.5 Å². The van der Waals surface area contributed by atoms with Gasteiger partial charge in [0.15, 0.2) is 0 Å². The molecule has 14 aromatic rings. The van der Waals surface area contributed by atoms with E-state index < -0.39 is 0 Å². The van der Waals surface area contributed by atoms with E-state index >= 15 is 0 Å². The van der Waals surface area contributed by atoms with Gasteiger partial charge in [-0.3, -0.25) is 4.40 Å². The Morgan fingerprint density at radius 1 is 0.270 bits per heavy atom. The summed E-state index contributed by atoms with van der Waals surface area (Å²) in [6.45, 7) is 0. The summed E-state index contributed by atoms with van der Waals surface area (Å²) in [5.74, 6) is 0. The molecular formula is C61H36N2. The molecular weight excluding hydrogens is 761 g/mol. The zero-order chi connectivity index (χ0) is 41.2. The number of hydrogen-bond acceptors (Lipinski definition) is 1. The molecule has 0 spiro atoms. The standard InChI is InChI=1S/C61H36N2/c1-3-15-39-33-43(27-25-37(39)13-1)57-48-20-7-8-21-49(48)58(44-28-26-38-14-2-4-16-40(38)34-44)55-36-42(29-31-50(55)57)41-30-32-53-54(35-41)47-19-11-12-24-56(47)63-60-52-23-10-6-18-46(52)45-17-5-9-22-51(45)59(60)62-61(53)63/h1-36H. The molecule has 0 saturated heterocycles. The van der Waals surface area contributed by atoms with Crippen molar-refractivity contribution in [2.45, 2.75) is 0 Å². The quantitative estimate of drug-likeness (QED) is 0.129. The van der Waals surface area contributed by atoms with E-state index in [1.54, 1.807) is 0 Å². The van der Waals surface area contributed by atoms with Gasteiger partial charge in [-0.15, -0.1) is 0 Å². The Morgan fingerprint density at radius 3 is 1.37 bits per heavy atom. The molecule has 0 fully saturated rings. The summed E-state index contributed by atoms with van der Waals surface area (Å²) in [4.78, 5) is 5.53. The SMILES string of the molecule is c1ccc2cc(-c3c4ccccc4c(-c4ccc5ccccc5c4)c4cc(-c5ccc6c(c5)c5ccccc5n5c6nc6c7ccccc7c7ccccc7c65)ccc34)ccc2c1. The third-order valence-electron chi connectivity index (χ3n) is 13.7. The van der Waals surface area contributed by atoms with Crippen molar-refractivity contribution in [1.29, 1.82) is 0 Å². The van der Waals surface area contributed by atoms with E-state index in [-0.39, 0.29) is 0 Å². The van der Waals surface area contributed by atoms with Crippen LogP contribution in [0.2, 0.25) is 0 Å². The van der Waals surface area contributed by atoms with Gasteiger partial charge in [0.05, 0.1) is 16.6 Å². The van der Waals surface area contributed by atoms with Crippen LogP contribution in [0.1, 0.15) is 0 Å². The molecule has 0 aliphatic carbocycles. The molecule has 0 saturated carbocycles. The first-order valence-corrected chi connectivity index (χ1v) is 21.8. The highest BCUT2D eigenvalue weighted by atomic mass is 15.0. The molecule has 0 unspecified atom stereocenters. The van der Waals surface area contributed by atoms with Crippen molar-refractivity contribution in [3.05, 3.63) is 218 Å². The van der Waals surface area contributed by atoms with Gasteiger partial charge in [-0.05, 0) is 129 Å². The Bertz CT molecular complexity index is 4270. The summed E-state index contributed by atoms with van der Waals surface area (Å²) >= 11 is 0. The molecule has 63 heavy (non-hydrogen) atoms. The van der Waals surface area contributed by atoms with E-state index in [0.717, 1.165) is 27.6 Å². The van der Waals surface area contributed by atoms with Crippen molar-refractivity contribution in [2.75, 3.05) is 0 Å². The van der Waals surface area contributed by atoms with E-state index in [2.05, 4.69) is 223 Å². The summed E-state index contributed by atoms with van der Waals surface area (Å²) in [7, 11) is 0. The molecule has 290 valence electrons. The Balaban J connectivity index is 1.06. The Labute approximate surface area is 362 Å². The summed E-state index contributed by atoms with van der Waals surface area (Å²) in [6, 6.07) is 80.7. The fourth-order valence-electron chi connectivity index (χ4n) is 10.8. The highest BCUT2D eigenvalue weighted by Gasteiger charge is 2.21. The highest BCUT2D eigenvalue weighted by molar-refractivity contribution is 6.27. The maximum absolute atomic E-state index is 5.53. The van der Waals surface area contributed by atoms with E-state index in [1.165, 1.54) is 109 Å². The molecule has 0 aliphatic heterocycles. The van der Waals surface area contributed by atoms with Gasteiger partial charge in [0.25, 0.3) is 0 Å². The number of aromatic nitrogens is 2. The van der Waals surface area contributed by atoms with Crippen LogP contribution in [-0.2, 0) is 0 Å². The normalized spacial score (nSPS) is 12.1. The van der Waals surface area contributed by atoms with Crippen LogP contribution in [0.4, 0.5) is 0 Å². The van der Waals surface area contributed by atoms with Crippen LogP contribution in [0.15, 0.2) is 218 Å². The number of benzene rings is 12. The van der Waals surface area contributed by atoms with E-state index in [1.807, 2.05) is 0 Å². The second-order valence-electron chi connectivity index (χ2n) is 17.0. The van der Waals surface area contributed by atoms with Crippen LogP contribution in [0.3, 0.4) is 0 Å². The summed E-state index contributed by atoms with van der Waals surface area (Å²) < 4.78 is 2.41. The van der Waals surface area contributed by atoms with Gasteiger partial charge in [-0.25, -0.2) is 4.98 Å². The van der Waals surface area contributed by atoms with Gasteiger partial charge in [-0.1, -0.05) is 182 Å². The molecule has 0 atom stereocenters. The minimum Gasteiger partial charge on any atom is -0.291 e. The lowest BCUT2D eigenvalue weighted by atomic mass is 9.84. The minimum atomic E-state index is 0.982. The molecule has 0 aliphatic rings. The zero-order valence-electron chi connectivity index (χ0n) is 34.2. The molecule has 2 heteroatoms. The van der Waals surface area contributed by atoms with Crippen molar-refractivity contribution in [1.82, 2.24) is 9.38 Å². The predicted octanol–water partition coefficient (Wildman–Crippen LogP) is 16.7. The lowest BCUT2D eigenvalue weighted by molar-refractivity contribution is 1.32. The molecule has 0 bridgehead atoms. The van der Waals surface area contributed by atoms with Gasteiger partial charge >= 0.3 is 0 Å². The molecule has 2 heterocycles. The van der Waals surface area contributed by atoms with E-state index in [9.17, 15) is 0 Å². The smallest absolute Gasteiger partial charge is 0.146 e. The Hall–Kier alpha value is -8.33. The first-order valence-electron chi connectivity index (χ1n) is 21.8. The van der Waals surface area contributed by atoms with Crippen molar-refractivity contribution in [2.24, 2.45) is 0 Å². The number of para-hydroxylation sites is 1. The van der Waals surface area contributed by atoms with Crippen molar-refractivity contribution >= 4 is 103 Å². The summed E-state index contributed by atoms with van der Waals surface area (Å²) in [5.41, 5.74) is 11.7. The molecule has 2 nitrogen and oxygen atoms in total. The fraction of sp³-hybridized carbons (Fsp3) is 0. The maximum atomic E-state index is 5.53. The minimum absolute atomic E-state index is 0.982. The van der Waals surface area contributed by atoms with Crippen LogP contribution < -0.4 is 0 Å². The fourth-order valence-corrected chi connectivity index (χ4v) is 10.8. The molecule has 0 N–H and O–H groups in total. The second kappa shape index (κ2) is 13.1. The number of nitrogens with zero attached hydrogens (tertiary/aromatic N) is 2. The average molecular weight is 797 g/mol. The average Bonchev–Trinajstić information content (AvgIpc) is 3.77. The topological polar surface area (TPSA) is 17.3 Å². The number of fused-ring (bicyclic) bond motifs is 17. The number of hydrogen-bond donors (Lipinski definition) is 0. The van der Waals surface area contributed by atoms with Gasteiger partial charge in [-0.2, -0.15) is 0 Å². The third-order valence-corrected chi connectivity index (χ3v) is 13.7. The van der Waals surface area contributed by atoms with Crippen molar-refractivity contribution < 1.29 is 0 Å². The third kappa shape index (κ3) is 4.98.